The van der Waals surface area contributed by atoms with E-state index in [0.29, 0.717) is 5.82 Å². The van der Waals surface area contributed by atoms with Gasteiger partial charge in [-0.05, 0) is 23.3 Å². The first-order valence-electron chi connectivity index (χ1n) is 6.62. The van der Waals surface area contributed by atoms with Crippen LogP contribution in [0.4, 0.5) is 0 Å². The summed E-state index contributed by atoms with van der Waals surface area (Å²) in [6, 6.07) is 6.94. The van der Waals surface area contributed by atoms with Gasteiger partial charge in [-0.1, -0.05) is 50.1 Å². The number of nitrogens with zero attached hydrogens (tertiary/aromatic N) is 4. The average Bonchev–Trinajstić information content (AvgIpc) is 2.88. The van der Waals surface area contributed by atoms with Crippen molar-refractivity contribution in [3.63, 3.8) is 0 Å². The van der Waals surface area contributed by atoms with Crippen molar-refractivity contribution >= 4 is 5.97 Å². The first-order chi connectivity index (χ1) is 9.54. The quantitative estimate of drug-likeness (QED) is 0.905. The summed E-state index contributed by atoms with van der Waals surface area (Å²) in [5, 5.41) is 20.9. The Balaban J connectivity index is 2.45. The van der Waals surface area contributed by atoms with Gasteiger partial charge in [-0.2, -0.15) is 0 Å². The van der Waals surface area contributed by atoms with Crippen molar-refractivity contribution in [1.82, 2.24) is 20.2 Å². The van der Waals surface area contributed by atoms with Gasteiger partial charge in [-0.3, -0.25) is 0 Å². The Bertz CT molecular complexity index is 591. The Kier molecular flexibility index (Phi) is 4.12. The van der Waals surface area contributed by atoms with Crippen LogP contribution >= 0.6 is 0 Å². The highest BCUT2D eigenvalue weighted by molar-refractivity contribution is 5.73. The van der Waals surface area contributed by atoms with E-state index in [2.05, 4.69) is 15.5 Å². The van der Waals surface area contributed by atoms with Gasteiger partial charge >= 0.3 is 5.97 Å². The Hall–Kier alpha value is -2.24. The largest absolute Gasteiger partial charge is 0.480 e. The number of benzene rings is 1. The van der Waals surface area contributed by atoms with Gasteiger partial charge in [-0.25, -0.2) is 9.48 Å². The molecule has 0 saturated heterocycles. The number of carbonyl (C=O) groups is 1. The summed E-state index contributed by atoms with van der Waals surface area (Å²) in [5.41, 5.74) is 1.94. The minimum absolute atomic E-state index is 0.0554. The molecule has 0 aliphatic carbocycles. The van der Waals surface area contributed by atoms with Crippen molar-refractivity contribution in [2.75, 3.05) is 0 Å². The van der Waals surface area contributed by atoms with E-state index in [1.165, 1.54) is 4.68 Å². The molecule has 2 rings (SSSR count). The van der Waals surface area contributed by atoms with Crippen LogP contribution in [-0.4, -0.2) is 31.3 Å². The molecule has 0 aliphatic heterocycles. The maximum atomic E-state index is 11.5. The number of hydrogen-bond acceptors (Lipinski definition) is 4. The molecular formula is C14H18N4O2. The summed E-state index contributed by atoms with van der Waals surface area (Å²) < 4.78 is 1.40. The van der Waals surface area contributed by atoms with Crippen molar-refractivity contribution in [1.29, 1.82) is 0 Å². The van der Waals surface area contributed by atoms with Crippen LogP contribution in [0.25, 0.3) is 11.4 Å². The van der Waals surface area contributed by atoms with Crippen LogP contribution in [0.3, 0.4) is 0 Å². The van der Waals surface area contributed by atoms with E-state index in [-0.39, 0.29) is 5.92 Å². The SMILES string of the molecule is CCC(C)C(C(=O)O)n1nnnc1-c1ccc(C)cc1. The van der Waals surface area contributed by atoms with E-state index in [0.717, 1.165) is 17.5 Å². The van der Waals surface area contributed by atoms with Crippen molar-refractivity contribution in [2.24, 2.45) is 5.92 Å². The van der Waals surface area contributed by atoms with Gasteiger partial charge in [0.1, 0.15) is 0 Å². The monoisotopic (exact) mass is 274 g/mol. The zero-order chi connectivity index (χ0) is 14.7. The van der Waals surface area contributed by atoms with Crippen molar-refractivity contribution in [3.8, 4) is 11.4 Å². The number of carboxylic acids is 1. The minimum atomic E-state index is -0.917. The zero-order valence-electron chi connectivity index (χ0n) is 11.8. The van der Waals surface area contributed by atoms with E-state index < -0.39 is 12.0 Å². The van der Waals surface area contributed by atoms with E-state index in [1.54, 1.807) is 0 Å². The summed E-state index contributed by atoms with van der Waals surface area (Å²) in [6.45, 7) is 5.84. The normalized spacial score (nSPS) is 13.9. The van der Waals surface area contributed by atoms with Crippen LogP contribution in [0.5, 0.6) is 0 Å². The van der Waals surface area contributed by atoms with Crippen LogP contribution in [-0.2, 0) is 4.79 Å². The smallest absolute Gasteiger partial charge is 0.328 e. The molecular weight excluding hydrogens is 256 g/mol. The molecule has 1 aromatic heterocycles. The molecule has 2 unspecified atom stereocenters. The van der Waals surface area contributed by atoms with Gasteiger partial charge < -0.3 is 5.11 Å². The fourth-order valence-corrected chi connectivity index (χ4v) is 2.09. The molecule has 1 aromatic carbocycles. The van der Waals surface area contributed by atoms with Gasteiger partial charge in [0.15, 0.2) is 11.9 Å². The lowest BCUT2D eigenvalue weighted by molar-refractivity contribution is -0.142. The molecule has 2 atom stereocenters. The number of tetrazole rings is 1. The maximum absolute atomic E-state index is 11.5. The Morgan fingerprint density at radius 3 is 2.55 bits per heavy atom. The third kappa shape index (κ3) is 2.68. The zero-order valence-corrected chi connectivity index (χ0v) is 11.8. The first-order valence-corrected chi connectivity index (χ1v) is 6.62. The molecule has 6 nitrogen and oxygen atoms in total. The predicted octanol–water partition coefficient (Wildman–Crippen LogP) is 2.32. The number of aryl methyl sites for hydroxylation is 1. The molecule has 20 heavy (non-hydrogen) atoms. The van der Waals surface area contributed by atoms with E-state index >= 15 is 0 Å². The number of carboxylic acid groups (broad SMARTS) is 1. The molecule has 0 aliphatic rings. The molecule has 0 radical (unpaired) electrons. The molecule has 0 saturated carbocycles. The second kappa shape index (κ2) is 5.81. The van der Waals surface area contributed by atoms with E-state index in [4.69, 9.17) is 0 Å². The average molecular weight is 274 g/mol. The Morgan fingerprint density at radius 2 is 2.00 bits per heavy atom. The lowest BCUT2D eigenvalue weighted by Gasteiger charge is -2.19. The van der Waals surface area contributed by atoms with Crippen LogP contribution in [0.1, 0.15) is 31.9 Å². The fourth-order valence-electron chi connectivity index (χ4n) is 2.09. The van der Waals surface area contributed by atoms with Gasteiger partial charge in [-0.15, -0.1) is 5.10 Å². The highest BCUT2D eigenvalue weighted by atomic mass is 16.4. The lowest BCUT2D eigenvalue weighted by atomic mass is 9.99. The summed E-state index contributed by atoms with van der Waals surface area (Å²) >= 11 is 0. The van der Waals surface area contributed by atoms with Crippen molar-refractivity contribution < 1.29 is 9.90 Å². The number of aromatic nitrogens is 4. The molecule has 0 bridgehead atoms. The van der Waals surface area contributed by atoms with E-state index in [1.807, 2.05) is 45.0 Å². The third-order valence-corrected chi connectivity index (χ3v) is 3.50. The molecule has 0 fully saturated rings. The molecule has 106 valence electrons. The summed E-state index contributed by atoms with van der Waals surface area (Å²) in [6.07, 6.45) is 0.740. The van der Waals surface area contributed by atoms with Crippen LogP contribution < -0.4 is 0 Å². The van der Waals surface area contributed by atoms with Gasteiger partial charge in [0.2, 0.25) is 0 Å². The predicted molar refractivity (Wildman–Crippen MR) is 74.1 cm³/mol. The summed E-state index contributed by atoms with van der Waals surface area (Å²) in [5.74, 6) is -0.488. The minimum Gasteiger partial charge on any atom is -0.480 e. The molecule has 1 heterocycles. The van der Waals surface area contributed by atoms with Crippen LogP contribution in [0.15, 0.2) is 24.3 Å². The third-order valence-electron chi connectivity index (χ3n) is 3.50. The molecule has 6 heteroatoms. The highest BCUT2D eigenvalue weighted by Gasteiger charge is 2.29. The topological polar surface area (TPSA) is 80.9 Å². The molecule has 0 amide bonds. The molecule has 0 spiro atoms. The number of hydrogen-bond donors (Lipinski definition) is 1. The van der Waals surface area contributed by atoms with Gasteiger partial charge in [0, 0.05) is 5.56 Å². The van der Waals surface area contributed by atoms with Gasteiger partial charge in [0.05, 0.1) is 0 Å². The maximum Gasteiger partial charge on any atom is 0.328 e. The van der Waals surface area contributed by atoms with Crippen LogP contribution in [0, 0.1) is 12.8 Å². The number of rotatable bonds is 5. The lowest BCUT2D eigenvalue weighted by Crippen LogP contribution is -2.27. The Morgan fingerprint density at radius 1 is 1.35 bits per heavy atom. The summed E-state index contributed by atoms with van der Waals surface area (Å²) in [7, 11) is 0. The summed E-state index contributed by atoms with van der Waals surface area (Å²) in [4.78, 5) is 11.5. The molecule has 1 N–H and O–H groups in total. The standard InChI is InChI=1S/C14H18N4O2/c1-4-10(3)12(14(19)20)18-13(15-16-17-18)11-7-5-9(2)6-8-11/h5-8,10,12H,4H2,1-3H3,(H,19,20). The van der Waals surface area contributed by atoms with Gasteiger partial charge in [0.25, 0.3) is 0 Å². The van der Waals surface area contributed by atoms with Crippen molar-refractivity contribution in [3.05, 3.63) is 29.8 Å². The Labute approximate surface area is 117 Å². The van der Waals surface area contributed by atoms with Crippen LogP contribution in [0.2, 0.25) is 0 Å². The van der Waals surface area contributed by atoms with Crippen molar-refractivity contribution in [2.45, 2.75) is 33.2 Å². The fraction of sp³-hybridized carbons (Fsp3) is 0.429. The first kappa shape index (κ1) is 14.2. The second-order valence-corrected chi connectivity index (χ2v) is 4.98. The second-order valence-electron chi connectivity index (χ2n) is 4.98. The van der Waals surface area contributed by atoms with E-state index in [9.17, 15) is 9.90 Å². The molecule has 2 aromatic rings. The highest BCUT2D eigenvalue weighted by Crippen LogP contribution is 2.26. The number of aliphatic carboxylic acids is 1.